The highest BCUT2D eigenvalue weighted by molar-refractivity contribution is 5.63. The Morgan fingerprint density at radius 2 is 2.44 bits per heavy atom. The van der Waals surface area contributed by atoms with Gasteiger partial charge in [0.15, 0.2) is 5.82 Å². The van der Waals surface area contributed by atoms with Gasteiger partial charge in [-0.3, -0.25) is 4.40 Å². The Hall–Kier alpha value is -1.69. The first kappa shape index (κ1) is 9.53. The minimum absolute atomic E-state index is 0.434. The van der Waals surface area contributed by atoms with Crippen LogP contribution in [0.2, 0.25) is 0 Å². The van der Waals surface area contributed by atoms with Crippen molar-refractivity contribution in [2.24, 2.45) is 0 Å². The molecule has 6 heteroatoms. The third kappa shape index (κ3) is 1.42. The normalized spacial score (nSPS) is 21.6. The van der Waals surface area contributed by atoms with Gasteiger partial charge < -0.3 is 10.2 Å². The van der Waals surface area contributed by atoms with Crippen LogP contribution >= 0.6 is 0 Å². The number of rotatable bonds is 1. The molecule has 84 valence electrons. The average Bonchev–Trinajstić information content (AvgIpc) is 2.77. The molecule has 1 saturated heterocycles. The number of anilines is 1. The number of nitrogens with zero attached hydrogens (tertiary/aromatic N) is 5. The first-order valence-corrected chi connectivity index (χ1v) is 5.48. The molecule has 0 amide bonds. The molecule has 6 nitrogen and oxygen atoms in total. The van der Waals surface area contributed by atoms with E-state index in [2.05, 4.69) is 32.3 Å². The molecule has 2 aromatic heterocycles. The molecule has 1 fully saturated rings. The highest BCUT2D eigenvalue weighted by Crippen LogP contribution is 2.19. The maximum atomic E-state index is 4.43. The highest BCUT2D eigenvalue weighted by atomic mass is 15.3. The van der Waals surface area contributed by atoms with E-state index in [0.29, 0.717) is 6.04 Å². The molecule has 1 N–H and O–H groups in total. The summed E-state index contributed by atoms with van der Waals surface area (Å²) in [6.07, 6.45) is 5.36. The van der Waals surface area contributed by atoms with E-state index in [4.69, 9.17) is 0 Å². The Balaban J connectivity index is 2.07. The number of fused-ring (bicyclic) bond motifs is 1. The predicted octanol–water partition coefficient (Wildman–Crippen LogP) is -0.0776. The summed E-state index contributed by atoms with van der Waals surface area (Å²) in [6.45, 7) is 5.12. The van der Waals surface area contributed by atoms with E-state index in [1.54, 1.807) is 12.5 Å². The van der Waals surface area contributed by atoms with Crippen LogP contribution in [0.5, 0.6) is 0 Å². The topological polar surface area (TPSA) is 58.4 Å². The molecule has 0 aliphatic carbocycles. The van der Waals surface area contributed by atoms with E-state index in [9.17, 15) is 0 Å². The van der Waals surface area contributed by atoms with E-state index >= 15 is 0 Å². The number of hydrogen-bond donors (Lipinski definition) is 1. The molecule has 16 heavy (non-hydrogen) atoms. The zero-order valence-corrected chi connectivity index (χ0v) is 9.17. The van der Waals surface area contributed by atoms with Crippen molar-refractivity contribution in [2.75, 3.05) is 24.5 Å². The molecule has 1 aliphatic heterocycles. The second-order valence-electron chi connectivity index (χ2n) is 4.06. The summed E-state index contributed by atoms with van der Waals surface area (Å²) in [5, 5.41) is 11.4. The number of aromatic nitrogens is 4. The van der Waals surface area contributed by atoms with Gasteiger partial charge in [0.25, 0.3) is 0 Å². The summed E-state index contributed by atoms with van der Waals surface area (Å²) in [7, 11) is 0. The molecule has 0 aromatic carbocycles. The molecule has 2 aromatic rings. The molecule has 1 atom stereocenters. The second-order valence-corrected chi connectivity index (χ2v) is 4.06. The molecular weight excluding hydrogens is 204 g/mol. The lowest BCUT2D eigenvalue weighted by Crippen LogP contribution is -2.50. The standard InChI is InChI=1S/C10H14N6/c1-8-6-11-2-5-16(8)9-10-14-13-7-15(10)4-3-12-9/h3-4,7-8,11H,2,5-6H2,1H3. The largest absolute Gasteiger partial charge is 0.348 e. The van der Waals surface area contributed by atoms with Crippen molar-refractivity contribution in [2.45, 2.75) is 13.0 Å². The Morgan fingerprint density at radius 1 is 1.50 bits per heavy atom. The summed E-state index contributed by atoms with van der Waals surface area (Å²) in [5.41, 5.74) is 0.830. The lowest BCUT2D eigenvalue weighted by Gasteiger charge is -2.34. The SMILES string of the molecule is CC1CNCCN1c1nccn2cnnc12. The van der Waals surface area contributed by atoms with Crippen molar-refractivity contribution in [1.82, 2.24) is 24.9 Å². The van der Waals surface area contributed by atoms with Crippen LogP contribution in [0.15, 0.2) is 18.7 Å². The van der Waals surface area contributed by atoms with Gasteiger partial charge in [0.05, 0.1) is 0 Å². The second kappa shape index (κ2) is 3.71. The Kier molecular flexibility index (Phi) is 2.21. The van der Waals surface area contributed by atoms with Crippen LogP contribution in [0.4, 0.5) is 5.82 Å². The average molecular weight is 218 g/mol. The van der Waals surface area contributed by atoms with Gasteiger partial charge in [-0.25, -0.2) is 4.98 Å². The van der Waals surface area contributed by atoms with Crippen molar-refractivity contribution in [3.8, 4) is 0 Å². The van der Waals surface area contributed by atoms with Gasteiger partial charge in [0.2, 0.25) is 5.65 Å². The molecule has 1 unspecified atom stereocenters. The van der Waals surface area contributed by atoms with Crippen LogP contribution in [0.3, 0.4) is 0 Å². The van der Waals surface area contributed by atoms with E-state index < -0.39 is 0 Å². The molecule has 3 heterocycles. The van der Waals surface area contributed by atoms with Gasteiger partial charge in [-0.2, -0.15) is 0 Å². The molecule has 1 aliphatic rings. The fraction of sp³-hybridized carbons (Fsp3) is 0.500. The molecule has 0 bridgehead atoms. The van der Waals surface area contributed by atoms with Gasteiger partial charge in [-0.05, 0) is 6.92 Å². The van der Waals surface area contributed by atoms with Crippen LogP contribution < -0.4 is 10.2 Å². The number of nitrogens with one attached hydrogen (secondary N) is 1. The van der Waals surface area contributed by atoms with Crippen LogP contribution in [0.25, 0.3) is 5.65 Å². The van der Waals surface area contributed by atoms with Crippen molar-refractivity contribution in [3.05, 3.63) is 18.7 Å². The van der Waals surface area contributed by atoms with E-state index in [-0.39, 0.29) is 0 Å². The van der Waals surface area contributed by atoms with Gasteiger partial charge in [-0.1, -0.05) is 0 Å². The van der Waals surface area contributed by atoms with Gasteiger partial charge >= 0.3 is 0 Å². The lowest BCUT2D eigenvalue weighted by atomic mass is 10.2. The fourth-order valence-electron chi connectivity index (χ4n) is 2.10. The third-order valence-corrected chi connectivity index (χ3v) is 2.97. The maximum Gasteiger partial charge on any atom is 0.203 e. The minimum Gasteiger partial charge on any atom is -0.348 e. The van der Waals surface area contributed by atoms with Gasteiger partial charge in [-0.15, -0.1) is 10.2 Å². The summed E-state index contributed by atoms with van der Waals surface area (Å²) in [4.78, 5) is 6.71. The smallest absolute Gasteiger partial charge is 0.203 e. The van der Waals surface area contributed by atoms with E-state index in [1.807, 2.05) is 10.6 Å². The molecule has 0 saturated carbocycles. The first-order valence-electron chi connectivity index (χ1n) is 5.48. The molecular formula is C10H14N6. The third-order valence-electron chi connectivity index (χ3n) is 2.97. The Labute approximate surface area is 93.3 Å². The van der Waals surface area contributed by atoms with Gasteiger partial charge in [0, 0.05) is 38.1 Å². The Bertz CT molecular complexity index is 493. The number of piperazine rings is 1. The van der Waals surface area contributed by atoms with Crippen molar-refractivity contribution >= 4 is 11.5 Å². The van der Waals surface area contributed by atoms with Crippen LogP contribution in [-0.2, 0) is 0 Å². The summed E-state index contributed by atoms with van der Waals surface area (Å²) in [6, 6.07) is 0.434. The van der Waals surface area contributed by atoms with Crippen molar-refractivity contribution < 1.29 is 0 Å². The van der Waals surface area contributed by atoms with Crippen molar-refractivity contribution in [3.63, 3.8) is 0 Å². The van der Waals surface area contributed by atoms with Crippen LogP contribution in [0.1, 0.15) is 6.92 Å². The summed E-state index contributed by atoms with van der Waals surface area (Å²) >= 11 is 0. The van der Waals surface area contributed by atoms with Crippen LogP contribution in [0, 0.1) is 0 Å². The van der Waals surface area contributed by atoms with Crippen LogP contribution in [-0.4, -0.2) is 45.3 Å². The number of hydrogen-bond acceptors (Lipinski definition) is 5. The monoisotopic (exact) mass is 218 g/mol. The minimum atomic E-state index is 0.434. The molecule has 0 radical (unpaired) electrons. The maximum absolute atomic E-state index is 4.43. The van der Waals surface area contributed by atoms with E-state index in [1.165, 1.54) is 0 Å². The predicted molar refractivity (Wildman–Crippen MR) is 60.5 cm³/mol. The zero-order chi connectivity index (χ0) is 11.0. The first-order chi connectivity index (χ1) is 7.86. The summed E-state index contributed by atoms with van der Waals surface area (Å²) < 4.78 is 1.90. The summed E-state index contributed by atoms with van der Waals surface area (Å²) in [5.74, 6) is 0.925. The molecule has 0 spiro atoms. The van der Waals surface area contributed by atoms with Crippen molar-refractivity contribution in [1.29, 1.82) is 0 Å². The zero-order valence-electron chi connectivity index (χ0n) is 9.17. The molecule has 3 rings (SSSR count). The Morgan fingerprint density at radius 3 is 3.31 bits per heavy atom. The highest BCUT2D eigenvalue weighted by Gasteiger charge is 2.21. The van der Waals surface area contributed by atoms with Gasteiger partial charge in [0.1, 0.15) is 6.33 Å². The van der Waals surface area contributed by atoms with E-state index in [0.717, 1.165) is 31.1 Å². The quantitative estimate of drug-likeness (QED) is 0.725. The fourth-order valence-corrected chi connectivity index (χ4v) is 2.10. The lowest BCUT2D eigenvalue weighted by molar-refractivity contribution is 0.497.